The third kappa shape index (κ3) is 3.47. The van der Waals surface area contributed by atoms with Crippen molar-refractivity contribution < 1.29 is 4.79 Å². The zero-order chi connectivity index (χ0) is 11.3. The number of carbonyl (C=O) groups excluding carboxylic acids is 1. The Kier molecular flexibility index (Phi) is 5.05. The average Bonchev–Trinajstić information content (AvgIpc) is 2.26. The van der Waals surface area contributed by atoms with Crippen LogP contribution in [0, 0.1) is 0 Å². The summed E-state index contributed by atoms with van der Waals surface area (Å²) in [6, 6.07) is 0.335. The Bertz CT molecular complexity index is 204. The van der Waals surface area contributed by atoms with Gasteiger partial charge in [0.1, 0.15) is 0 Å². The molecule has 1 aliphatic rings. The molecule has 1 saturated heterocycles. The SMILES string of the molecule is CCN(CC)CC(=O)N1CCNC[C@H]1C. The second-order valence-electron chi connectivity index (χ2n) is 4.10. The van der Waals surface area contributed by atoms with E-state index < -0.39 is 0 Å². The molecule has 1 fully saturated rings. The molecule has 0 unspecified atom stereocenters. The molecule has 0 aliphatic carbocycles. The minimum Gasteiger partial charge on any atom is -0.336 e. The summed E-state index contributed by atoms with van der Waals surface area (Å²) in [6.07, 6.45) is 0. The third-order valence-corrected chi connectivity index (χ3v) is 3.07. The summed E-state index contributed by atoms with van der Waals surface area (Å²) >= 11 is 0. The fourth-order valence-electron chi connectivity index (χ4n) is 1.94. The highest BCUT2D eigenvalue weighted by molar-refractivity contribution is 5.78. The normalized spacial score (nSPS) is 22.1. The summed E-state index contributed by atoms with van der Waals surface area (Å²) in [6.45, 7) is 11.4. The number of amides is 1. The van der Waals surface area contributed by atoms with E-state index in [9.17, 15) is 4.79 Å². The van der Waals surface area contributed by atoms with Crippen LogP contribution in [0.2, 0.25) is 0 Å². The molecule has 15 heavy (non-hydrogen) atoms. The number of rotatable bonds is 4. The summed E-state index contributed by atoms with van der Waals surface area (Å²) < 4.78 is 0. The van der Waals surface area contributed by atoms with E-state index in [0.29, 0.717) is 12.6 Å². The Hall–Kier alpha value is -0.610. The first-order chi connectivity index (χ1) is 7.19. The van der Waals surface area contributed by atoms with Gasteiger partial charge in [0.05, 0.1) is 6.54 Å². The smallest absolute Gasteiger partial charge is 0.237 e. The largest absolute Gasteiger partial charge is 0.336 e. The molecule has 4 nitrogen and oxygen atoms in total. The number of likely N-dealkylation sites (N-methyl/N-ethyl adjacent to an activating group) is 1. The molecule has 1 rings (SSSR count). The Labute approximate surface area is 92.6 Å². The maximum atomic E-state index is 12.0. The van der Waals surface area contributed by atoms with Gasteiger partial charge >= 0.3 is 0 Å². The molecule has 1 heterocycles. The summed E-state index contributed by atoms with van der Waals surface area (Å²) in [5.41, 5.74) is 0. The Morgan fingerprint density at radius 1 is 1.47 bits per heavy atom. The van der Waals surface area contributed by atoms with Gasteiger partial charge in [0.25, 0.3) is 0 Å². The van der Waals surface area contributed by atoms with Gasteiger partial charge in [-0.3, -0.25) is 9.69 Å². The van der Waals surface area contributed by atoms with E-state index in [2.05, 4.69) is 31.0 Å². The minimum atomic E-state index is 0.271. The predicted octanol–water partition coefficient (Wildman–Crippen LogP) is 0.149. The highest BCUT2D eigenvalue weighted by Crippen LogP contribution is 2.03. The first kappa shape index (κ1) is 12.5. The quantitative estimate of drug-likeness (QED) is 0.722. The van der Waals surface area contributed by atoms with Gasteiger partial charge in [0.2, 0.25) is 5.91 Å². The zero-order valence-electron chi connectivity index (χ0n) is 10.1. The molecule has 1 aliphatic heterocycles. The molecule has 0 spiro atoms. The fraction of sp³-hybridized carbons (Fsp3) is 0.909. The maximum Gasteiger partial charge on any atom is 0.237 e. The van der Waals surface area contributed by atoms with E-state index >= 15 is 0 Å². The molecule has 4 heteroatoms. The third-order valence-electron chi connectivity index (χ3n) is 3.07. The summed E-state index contributed by atoms with van der Waals surface area (Å²) in [7, 11) is 0. The standard InChI is InChI=1S/C11H23N3O/c1-4-13(5-2)9-11(15)14-7-6-12-8-10(14)3/h10,12H,4-9H2,1-3H3/t10-/m1/s1. The topological polar surface area (TPSA) is 35.6 Å². The van der Waals surface area contributed by atoms with Crippen molar-refractivity contribution >= 4 is 5.91 Å². The molecule has 0 radical (unpaired) electrons. The lowest BCUT2D eigenvalue weighted by atomic mass is 10.2. The van der Waals surface area contributed by atoms with Crippen molar-refractivity contribution in [2.45, 2.75) is 26.8 Å². The Balaban J connectivity index is 2.44. The van der Waals surface area contributed by atoms with E-state index in [1.807, 2.05) is 4.90 Å². The molecule has 1 amide bonds. The van der Waals surface area contributed by atoms with Gasteiger partial charge in [0.15, 0.2) is 0 Å². The maximum absolute atomic E-state index is 12.0. The van der Waals surface area contributed by atoms with Crippen molar-refractivity contribution in [1.29, 1.82) is 0 Å². The summed E-state index contributed by atoms with van der Waals surface area (Å²) in [5, 5.41) is 3.29. The van der Waals surface area contributed by atoms with E-state index in [4.69, 9.17) is 0 Å². The highest BCUT2D eigenvalue weighted by atomic mass is 16.2. The van der Waals surface area contributed by atoms with Crippen molar-refractivity contribution in [2.75, 3.05) is 39.3 Å². The van der Waals surface area contributed by atoms with Crippen LogP contribution >= 0.6 is 0 Å². The second-order valence-corrected chi connectivity index (χ2v) is 4.10. The molecule has 0 aromatic heterocycles. The van der Waals surface area contributed by atoms with E-state index in [-0.39, 0.29) is 5.91 Å². The molecular formula is C11H23N3O. The lowest BCUT2D eigenvalue weighted by Gasteiger charge is -2.35. The first-order valence-electron chi connectivity index (χ1n) is 5.91. The van der Waals surface area contributed by atoms with E-state index in [1.54, 1.807) is 0 Å². The molecule has 88 valence electrons. The fourth-order valence-corrected chi connectivity index (χ4v) is 1.94. The van der Waals surface area contributed by atoms with Crippen LogP contribution < -0.4 is 5.32 Å². The number of nitrogens with one attached hydrogen (secondary N) is 1. The summed E-state index contributed by atoms with van der Waals surface area (Å²) in [4.78, 5) is 16.2. The Morgan fingerprint density at radius 2 is 2.13 bits per heavy atom. The molecule has 0 aromatic carbocycles. The van der Waals surface area contributed by atoms with Gasteiger partial charge in [-0.2, -0.15) is 0 Å². The van der Waals surface area contributed by atoms with E-state index in [1.165, 1.54) is 0 Å². The minimum absolute atomic E-state index is 0.271. The van der Waals surface area contributed by atoms with E-state index in [0.717, 1.165) is 32.7 Å². The van der Waals surface area contributed by atoms with Crippen LogP contribution in [-0.4, -0.2) is 61.0 Å². The van der Waals surface area contributed by atoms with Crippen LogP contribution in [0.25, 0.3) is 0 Å². The van der Waals surface area contributed by atoms with Gasteiger partial charge in [-0.05, 0) is 20.0 Å². The van der Waals surface area contributed by atoms with Gasteiger partial charge in [0, 0.05) is 25.7 Å². The lowest BCUT2D eigenvalue weighted by molar-refractivity contribution is -0.135. The monoisotopic (exact) mass is 213 g/mol. The lowest BCUT2D eigenvalue weighted by Crippen LogP contribution is -2.54. The van der Waals surface area contributed by atoms with Gasteiger partial charge in [-0.15, -0.1) is 0 Å². The second kappa shape index (κ2) is 6.08. The molecule has 0 saturated carbocycles. The van der Waals surface area contributed by atoms with Gasteiger partial charge in [-0.1, -0.05) is 13.8 Å². The molecule has 1 atom stereocenters. The molecule has 0 bridgehead atoms. The number of carbonyl (C=O) groups is 1. The number of hydrogen-bond donors (Lipinski definition) is 1. The van der Waals surface area contributed by atoms with Crippen LogP contribution in [0.15, 0.2) is 0 Å². The predicted molar refractivity (Wildman–Crippen MR) is 61.8 cm³/mol. The van der Waals surface area contributed by atoms with Gasteiger partial charge in [-0.25, -0.2) is 0 Å². The molecule has 1 N–H and O–H groups in total. The average molecular weight is 213 g/mol. The number of hydrogen-bond acceptors (Lipinski definition) is 3. The van der Waals surface area contributed by atoms with Crippen molar-refractivity contribution in [2.24, 2.45) is 0 Å². The highest BCUT2D eigenvalue weighted by Gasteiger charge is 2.23. The van der Waals surface area contributed by atoms with Gasteiger partial charge < -0.3 is 10.2 Å². The van der Waals surface area contributed by atoms with Crippen LogP contribution in [0.3, 0.4) is 0 Å². The first-order valence-corrected chi connectivity index (χ1v) is 5.91. The van der Waals surface area contributed by atoms with Crippen LogP contribution in [0.1, 0.15) is 20.8 Å². The zero-order valence-corrected chi connectivity index (χ0v) is 10.1. The summed E-state index contributed by atoms with van der Waals surface area (Å²) in [5.74, 6) is 0.271. The van der Waals surface area contributed by atoms with Crippen LogP contribution in [-0.2, 0) is 4.79 Å². The van der Waals surface area contributed by atoms with Crippen LogP contribution in [0.4, 0.5) is 0 Å². The van der Waals surface area contributed by atoms with Crippen LogP contribution in [0.5, 0.6) is 0 Å². The van der Waals surface area contributed by atoms with Crippen molar-refractivity contribution in [3.05, 3.63) is 0 Å². The number of nitrogens with zero attached hydrogens (tertiary/aromatic N) is 2. The molecular weight excluding hydrogens is 190 g/mol. The number of piperazine rings is 1. The molecule has 0 aromatic rings. The Morgan fingerprint density at radius 3 is 2.67 bits per heavy atom. The van der Waals surface area contributed by atoms with Crippen molar-refractivity contribution in [3.63, 3.8) is 0 Å². The van der Waals surface area contributed by atoms with Crippen molar-refractivity contribution in [3.8, 4) is 0 Å². The van der Waals surface area contributed by atoms with Crippen molar-refractivity contribution in [1.82, 2.24) is 15.1 Å².